The van der Waals surface area contributed by atoms with Crippen LogP contribution in [0.5, 0.6) is 0 Å². The predicted octanol–water partition coefficient (Wildman–Crippen LogP) is 3.12. The summed E-state index contributed by atoms with van der Waals surface area (Å²) in [6, 6.07) is 4.28. The number of furan rings is 1. The van der Waals surface area contributed by atoms with E-state index < -0.39 is 0 Å². The van der Waals surface area contributed by atoms with Crippen LogP contribution in [0.3, 0.4) is 0 Å². The van der Waals surface area contributed by atoms with Crippen LogP contribution >= 0.6 is 24.0 Å². The van der Waals surface area contributed by atoms with Gasteiger partial charge in [-0.05, 0) is 43.2 Å². The lowest BCUT2D eigenvalue weighted by molar-refractivity contribution is -0.140. The van der Waals surface area contributed by atoms with Crippen LogP contribution in [0.1, 0.15) is 44.3 Å². The number of rotatable bonds is 7. The molecule has 0 radical (unpaired) electrons. The Bertz CT molecular complexity index is 833. The predicted molar refractivity (Wildman–Crippen MR) is 133 cm³/mol. The van der Waals surface area contributed by atoms with Crippen molar-refractivity contribution in [1.82, 2.24) is 15.5 Å². The summed E-state index contributed by atoms with van der Waals surface area (Å²) in [6.07, 6.45) is 13.8. The molecular weight excluding hydrogens is 519 g/mol. The molecule has 3 aliphatic carbocycles. The maximum absolute atomic E-state index is 12.9. The first-order valence-electron chi connectivity index (χ1n) is 11.8. The number of imide groups is 1. The Morgan fingerprint density at radius 3 is 2.47 bits per heavy atom. The highest BCUT2D eigenvalue weighted by Gasteiger charge is 2.58. The molecule has 0 aromatic carbocycles. The summed E-state index contributed by atoms with van der Waals surface area (Å²) < 4.78 is 5.40. The first-order valence-corrected chi connectivity index (χ1v) is 11.8. The van der Waals surface area contributed by atoms with Crippen LogP contribution in [0, 0.1) is 23.7 Å². The van der Waals surface area contributed by atoms with E-state index in [1.54, 1.807) is 6.26 Å². The van der Waals surface area contributed by atoms with Crippen molar-refractivity contribution in [2.45, 2.75) is 51.0 Å². The largest absolute Gasteiger partial charge is 0.469 e. The molecular formula is C24H33IN4O3. The van der Waals surface area contributed by atoms with Gasteiger partial charge in [-0.25, -0.2) is 0 Å². The molecule has 5 rings (SSSR count). The van der Waals surface area contributed by atoms with E-state index in [1.807, 2.05) is 12.1 Å². The molecule has 4 aliphatic rings. The Balaban J connectivity index is 0.00000245. The Hall–Kier alpha value is -1.84. The average molecular weight is 552 g/mol. The van der Waals surface area contributed by atoms with Crippen molar-refractivity contribution in [2.75, 3.05) is 19.6 Å². The van der Waals surface area contributed by atoms with Crippen molar-refractivity contribution < 1.29 is 14.0 Å². The molecule has 2 saturated carbocycles. The number of nitrogens with zero attached hydrogens (tertiary/aromatic N) is 2. The number of aliphatic imine (C=N–C) groups is 1. The van der Waals surface area contributed by atoms with E-state index in [2.05, 4.69) is 22.8 Å². The van der Waals surface area contributed by atoms with Crippen molar-refractivity contribution in [3.8, 4) is 0 Å². The zero-order valence-corrected chi connectivity index (χ0v) is 20.7. The number of carbonyl (C=O) groups excluding carboxylic acids is 2. The summed E-state index contributed by atoms with van der Waals surface area (Å²) in [6.45, 7) is 1.53. The van der Waals surface area contributed by atoms with Crippen molar-refractivity contribution >= 4 is 41.8 Å². The van der Waals surface area contributed by atoms with Gasteiger partial charge in [-0.2, -0.15) is 0 Å². The maximum Gasteiger partial charge on any atom is 0.233 e. The van der Waals surface area contributed by atoms with Gasteiger partial charge in [0.15, 0.2) is 5.96 Å². The number of amides is 2. The number of guanidine groups is 1. The van der Waals surface area contributed by atoms with E-state index in [0.717, 1.165) is 37.4 Å². The minimum Gasteiger partial charge on any atom is -0.469 e. The standard InChI is InChI=1S/C24H32N4O3.HI/c29-22-20-16-8-9-17(15-16)21(20)23(30)28(22)13-12-26-24(27-18-5-2-1-3-6-18)25-11-10-19-7-4-14-31-19;/h4,7-9,14,16-18,20-21H,1-3,5-6,10-13,15H2,(H2,25,26,27);1H. The first kappa shape index (κ1) is 23.3. The molecule has 4 atom stereocenters. The molecule has 1 aromatic rings. The molecule has 8 heteroatoms. The number of fused-ring (bicyclic) bond motifs is 5. The van der Waals surface area contributed by atoms with Gasteiger partial charge in [-0.1, -0.05) is 31.4 Å². The van der Waals surface area contributed by atoms with Gasteiger partial charge in [-0.15, -0.1) is 24.0 Å². The minimum absolute atomic E-state index is 0. The molecule has 4 unspecified atom stereocenters. The third-order valence-electron chi connectivity index (χ3n) is 7.34. The number of hydrogen-bond donors (Lipinski definition) is 2. The van der Waals surface area contributed by atoms with Gasteiger partial charge >= 0.3 is 0 Å². The molecule has 2 amide bonds. The summed E-state index contributed by atoms with van der Waals surface area (Å²) in [5.41, 5.74) is 0. The molecule has 7 nitrogen and oxygen atoms in total. The van der Waals surface area contributed by atoms with Crippen LogP contribution in [0.4, 0.5) is 0 Å². The second-order valence-corrected chi connectivity index (χ2v) is 9.29. The lowest BCUT2D eigenvalue weighted by Gasteiger charge is -2.25. The zero-order valence-electron chi connectivity index (χ0n) is 18.4. The Morgan fingerprint density at radius 2 is 1.81 bits per heavy atom. The molecule has 174 valence electrons. The number of halogens is 1. The molecule has 1 aromatic heterocycles. The fourth-order valence-corrected chi connectivity index (χ4v) is 5.80. The van der Waals surface area contributed by atoms with Gasteiger partial charge in [0.1, 0.15) is 5.76 Å². The summed E-state index contributed by atoms with van der Waals surface area (Å²) in [4.78, 5) is 31.9. The number of allylic oxidation sites excluding steroid dienone is 2. The van der Waals surface area contributed by atoms with E-state index in [9.17, 15) is 9.59 Å². The zero-order chi connectivity index (χ0) is 21.2. The van der Waals surface area contributed by atoms with Gasteiger partial charge in [0.2, 0.25) is 11.8 Å². The topological polar surface area (TPSA) is 86.9 Å². The van der Waals surface area contributed by atoms with Crippen molar-refractivity contribution in [1.29, 1.82) is 0 Å². The van der Waals surface area contributed by atoms with Gasteiger partial charge in [0.05, 0.1) is 18.1 Å². The van der Waals surface area contributed by atoms with Crippen LogP contribution in [0.15, 0.2) is 40.0 Å². The SMILES string of the molecule is I.O=C1C2C3C=CC(C3)C2C(=O)N1CCNC(=NCCc1ccco1)NC1CCCCC1. The van der Waals surface area contributed by atoms with Crippen molar-refractivity contribution in [3.05, 3.63) is 36.3 Å². The van der Waals surface area contributed by atoms with Crippen LogP contribution < -0.4 is 10.6 Å². The highest BCUT2D eigenvalue weighted by Crippen LogP contribution is 2.52. The normalized spacial score (nSPS) is 29.4. The fourth-order valence-electron chi connectivity index (χ4n) is 5.80. The second-order valence-electron chi connectivity index (χ2n) is 9.29. The smallest absolute Gasteiger partial charge is 0.233 e. The molecule has 32 heavy (non-hydrogen) atoms. The number of nitrogens with one attached hydrogen (secondary N) is 2. The highest BCUT2D eigenvalue weighted by atomic mass is 127. The molecule has 2 N–H and O–H groups in total. The fraction of sp³-hybridized carbons (Fsp3) is 0.625. The van der Waals surface area contributed by atoms with Crippen LogP contribution in [-0.2, 0) is 16.0 Å². The molecule has 2 bridgehead atoms. The summed E-state index contributed by atoms with van der Waals surface area (Å²) in [5.74, 6) is 2.00. The number of hydrogen-bond acceptors (Lipinski definition) is 4. The Labute approximate surface area is 206 Å². The van der Waals surface area contributed by atoms with Crippen molar-refractivity contribution in [2.24, 2.45) is 28.7 Å². The van der Waals surface area contributed by atoms with Crippen LogP contribution in [0.2, 0.25) is 0 Å². The molecule has 1 saturated heterocycles. The van der Waals surface area contributed by atoms with E-state index in [-0.39, 0.29) is 59.5 Å². The molecule has 3 fully saturated rings. The lowest BCUT2D eigenvalue weighted by atomic mass is 9.85. The van der Waals surface area contributed by atoms with Gasteiger partial charge in [0, 0.05) is 32.1 Å². The average Bonchev–Trinajstić information content (AvgIpc) is 3.56. The lowest BCUT2D eigenvalue weighted by Crippen LogP contribution is -2.47. The quantitative estimate of drug-likeness (QED) is 0.179. The van der Waals surface area contributed by atoms with E-state index >= 15 is 0 Å². The van der Waals surface area contributed by atoms with Crippen molar-refractivity contribution in [3.63, 3.8) is 0 Å². The van der Waals surface area contributed by atoms with Gasteiger partial charge in [-0.3, -0.25) is 19.5 Å². The Kier molecular flexibility index (Phi) is 7.58. The van der Waals surface area contributed by atoms with E-state index in [0.29, 0.717) is 25.7 Å². The highest BCUT2D eigenvalue weighted by molar-refractivity contribution is 14.0. The van der Waals surface area contributed by atoms with E-state index in [1.165, 1.54) is 24.2 Å². The summed E-state index contributed by atoms with van der Waals surface area (Å²) in [7, 11) is 0. The summed E-state index contributed by atoms with van der Waals surface area (Å²) >= 11 is 0. The first-order chi connectivity index (χ1) is 15.2. The number of carbonyl (C=O) groups is 2. The third-order valence-corrected chi connectivity index (χ3v) is 7.34. The maximum atomic E-state index is 12.9. The molecule has 1 aliphatic heterocycles. The van der Waals surface area contributed by atoms with Crippen LogP contribution in [0.25, 0.3) is 0 Å². The third kappa shape index (κ3) is 4.75. The number of likely N-dealkylation sites (tertiary alicyclic amines) is 1. The summed E-state index contributed by atoms with van der Waals surface area (Å²) in [5, 5.41) is 6.92. The monoisotopic (exact) mass is 552 g/mol. The molecule has 2 heterocycles. The van der Waals surface area contributed by atoms with Gasteiger partial charge in [0.25, 0.3) is 0 Å². The van der Waals surface area contributed by atoms with Crippen LogP contribution in [-0.4, -0.2) is 48.3 Å². The Morgan fingerprint density at radius 1 is 1.09 bits per heavy atom. The van der Waals surface area contributed by atoms with E-state index in [4.69, 9.17) is 9.41 Å². The minimum atomic E-state index is -0.121. The molecule has 0 spiro atoms. The van der Waals surface area contributed by atoms with Gasteiger partial charge < -0.3 is 15.1 Å². The second kappa shape index (κ2) is 10.4.